The summed E-state index contributed by atoms with van der Waals surface area (Å²) < 4.78 is 1.66. The van der Waals surface area contributed by atoms with E-state index in [2.05, 4.69) is 31.1 Å². The van der Waals surface area contributed by atoms with Crippen LogP contribution in [-0.2, 0) is 6.54 Å². The van der Waals surface area contributed by atoms with E-state index in [0.717, 1.165) is 6.42 Å². The number of rotatable bonds is 6. The molecule has 0 radical (unpaired) electrons. The van der Waals surface area contributed by atoms with Crippen LogP contribution in [0.25, 0.3) is 0 Å². The first-order valence-electron chi connectivity index (χ1n) is 6.83. The van der Waals surface area contributed by atoms with Crippen LogP contribution in [0.3, 0.4) is 0 Å². The molecule has 108 valence electrons. The smallest absolute Gasteiger partial charge is 0.293 e. The highest BCUT2D eigenvalue weighted by Crippen LogP contribution is 2.23. The SMILES string of the molecule is CCCn1ccnc(NC(CCO)C(C)(C)C)c1=O. The number of hydrogen-bond donors (Lipinski definition) is 2. The molecule has 0 bridgehead atoms. The number of aryl methyl sites for hydroxylation is 1. The fraction of sp³-hybridized carbons (Fsp3) is 0.714. The molecule has 0 aromatic carbocycles. The van der Waals surface area contributed by atoms with Crippen molar-refractivity contribution in [2.24, 2.45) is 5.41 Å². The average Bonchev–Trinajstić information content (AvgIpc) is 2.32. The Hall–Kier alpha value is -1.36. The van der Waals surface area contributed by atoms with E-state index >= 15 is 0 Å². The third kappa shape index (κ3) is 4.35. The summed E-state index contributed by atoms with van der Waals surface area (Å²) in [6.07, 6.45) is 4.84. The topological polar surface area (TPSA) is 67.2 Å². The lowest BCUT2D eigenvalue weighted by Gasteiger charge is -2.31. The Balaban J connectivity index is 2.97. The molecule has 0 amide bonds. The zero-order valence-electron chi connectivity index (χ0n) is 12.3. The molecule has 0 saturated carbocycles. The Labute approximate surface area is 114 Å². The molecule has 5 heteroatoms. The molecule has 0 fully saturated rings. The third-order valence-electron chi connectivity index (χ3n) is 3.15. The van der Waals surface area contributed by atoms with Crippen molar-refractivity contribution in [3.63, 3.8) is 0 Å². The van der Waals surface area contributed by atoms with Crippen molar-refractivity contribution in [2.75, 3.05) is 11.9 Å². The molecule has 1 unspecified atom stereocenters. The molecule has 5 nitrogen and oxygen atoms in total. The monoisotopic (exact) mass is 267 g/mol. The Morgan fingerprint density at radius 3 is 2.68 bits per heavy atom. The Morgan fingerprint density at radius 1 is 1.47 bits per heavy atom. The van der Waals surface area contributed by atoms with Crippen LogP contribution in [-0.4, -0.2) is 27.3 Å². The molecule has 0 aliphatic carbocycles. The van der Waals surface area contributed by atoms with Gasteiger partial charge in [0.25, 0.3) is 5.56 Å². The van der Waals surface area contributed by atoms with Crippen LogP contribution in [0.4, 0.5) is 5.82 Å². The number of hydrogen-bond acceptors (Lipinski definition) is 4. The van der Waals surface area contributed by atoms with Gasteiger partial charge in [0.2, 0.25) is 0 Å². The minimum Gasteiger partial charge on any atom is -0.396 e. The lowest BCUT2D eigenvalue weighted by Crippen LogP contribution is -2.38. The number of aliphatic hydroxyl groups is 1. The second-order valence-corrected chi connectivity index (χ2v) is 5.85. The first-order valence-corrected chi connectivity index (χ1v) is 6.83. The summed E-state index contributed by atoms with van der Waals surface area (Å²) in [4.78, 5) is 16.3. The molecule has 1 atom stereocenters. The van der Waals surface area contributed by atoms with Crippen LogP contribution in [0, 0.1) is 5.41 Å². The summed E-state index contributed by atoms with van der Waals surface area (Å²) in [6, 6.07) is 0.00942. The number of aromatic nitrogens is 2. The van der Waals surface area contributed by atoms with E-state index in [1.165, 1.54) is 0 Å². The number of anilines is 1. The van der Waals surface area contributed by atoms with E-state index < -0.39 is 0 Å². The summed E-state index contributed by atoms with van der Waals surface area (Å²) >= 11 is 0. The molecule has 2 N–H and O–H groups in total. The number of aliphatic hydroxyl groups excluding tert-OH is 1. The maximum Gasteiger partial charge on any atom is 0.293 e. The van der Waals surface area contributed by atoms with Gasteiger partial charge in [-0.3, -0.25) is 4.79 Å². The van der Waals surface area contributed by atoms with E-state index in [0.29, 0.717) is 18.8 Å². The van der Waals surface area contributed by atoms with Crippen LogP contribution >= 0.6 is 0 Å². The summed E-state index contributed by atoms with van der Waals surface area (Å²) in [7, 11) is 0. The minimum absolute atomic E-state index is 0.00942. The first kappa shape index (κ1) is 15.7. The molecule has 19 heavy (non-hydrogen) atoms. The van der Waals surface area contributed by atoms with Gasteiger partial charge >= 0.3 is 0 Å². The van der Waals surface area contributed by atoms with Gasteiger partial charge in [-0.1, -0.05) is 27.7 Å². The van der Waals surface area contributed by atoms with Gasteiger partial charge in [0, 0.05) is 31.6 Å². The minimum atomic E-state index is -0.100. The van der Waals surface area contributed by atoms with Crippen molar-refractivity contribution in [2.45, 2.75) is 53.1 Å². The van der Waals surface area contributed by atoms with Crippen molar-refractivity contribution in [1.29, 1.82) is 0 Å². The molecule has 0 saturated heterocycles. The maximum atomic E-state index is 12.2. The molecule has 1 rings (SSSR count). The molecule has 0 aliphatic heterocycles. The molecule has 0 spiro atoms. The van der Waals surface area contributed by atoms with E-state index in [4.69, 9.17) is 5.11 Å². The normalized spacial score (nSPS) is 13.3. The Kier molecular flexibility index (Phi) is 5.54. The predicted molar refractivity (Wildman–Crippen MR) is 77.4 cm³/mol. The summed E-state index contributed by atoms with van der Waals surface area (Å²) in [5.41, 5.74) is -0.154. The van der Waals surface area contributed by atoms with E-state index in [1.54, 1.807) is 17.0 Å². The summed E-state index contributed by atoms with van der Waals surface area (Å²) in [5, 5.41) is 12.3. The molecule has 1 aromatic rings. The first-order chi connectivity index (χ1) is 8.90. The fourth-order valence-electron chi connectivity index (χ4n) is 1.98. The van der Waals surface area contributed by atoms with Crippen LogP contribution < -0.4 is 10.9 Å². The molecule has 1 aromatic heterocycles. The van der Waals surface area contributed by atoms with Crippen LogP contribution in [0.15, 0.2) is 17.2 Å². The zero-order valence-corrected chi connectivity index (χ0v) is 12.3. The molecular weight excluding hydrogens is 242 g/mol. The van der Waals surface area contributed by atoms with E-state index in [9.17, 15) is 4.79 Å². The molecule has 0 aliphatic rings. The van der Waals surface area contributed by atoms with Gasteiger partial charge in [-0.15, -0.1) is 0 Å². The number of nitrogens with one attached hydrogen (secondary N) is 1. The van der Waals surface area contributed by atoms with Crippen molar-refractivity contribution in [3.8, 4) is 0 Å². The summed E-state index contributed by atoms with van der Waals surface area (Å²) in [6.45, 7) is 9.04. The Bertz CT molecular complexity index is 449. The highest BCUT2D eigenvalue weighted by Gasteiger charge is 2.25. The van der Waals surface area contributed by atoms with Gasteiger partial charge in [0.05, 0.1) is 0 Å². The molecule has 1 heterocycles. The van der Waals surface area contributed by atoms with E-state index in [-0.39, 0.29) is 23.6 Å². The maximum absolute atomic E-state index is 12.2. The second kappa shape index (κ2) is 6.70. The third-order valence-corrected chi connectivity index (χ3v) is 3.15. The van der Waals surface area contributed by atoms with Crippen LogP contribution in [0.2, 0.25) is 0 Å². The largest absolute Gasteiger partial charge is 0.396 e. The predicted octanol–water partition coefficient (Wildman–Crippen LogP) is 1.86. The lowest BCUT2D eigenvalue weighted by molar-refractivity contribution is 0.235. The van der Waals surface area contributed by atoms with Gasteiger partial charge in [0.1, 0.15) is 0 Å². The van der Waals surface area contributed by atoms with Crippen molar-refractivity contribution in [1.82, 2.24) is 9.55 Å². The van der Waals surface area contributed by atoms with Crippen molar-refractivity contribution < 1.29 is 5.11 Å². The molecular formula is C14H25N3O2. The fourth-order valence-corrected chi connectivity index (χ4v) is 1.98. The number of nitrogens with zero attached hydrogens (tertiary/aromatic N) is 2. The quantitative estimate of drug-likeness (QED) is 0.825. The summed E-state index contributed by atoms with van der Waals surface area (Å²) in [5.74, 6) is 0.365. The van der Waals surface area contributed by atoms with Gasteiger partial charge in [-0.05, 0) is 18.3 Å². The van der Waals surface area contributed by atoms with Crippen LogP contribution in [0.5, 0.6) is 0 Å². The zero-order chi connectivity index (χ0) is 14.5. The average molecular weight is 267 g/mol. The van der Waals surface area contributed by atoms with Crippen molar-refractivity contribution >= 4 is 5.82 Å². The van der Waals surface area contributed by atoms with Crippen LogP contribution in [0.1, 0.15) is 40.5 Å². The highest BCUT2D eigenvalue weighted by atomic mass is 16.3. The highest BCUT2D eigenvalue weighted by molar-refractivity contribution is 5.33. The lowest BCUT2D eigenvalue weighted by atomic mass is 9.85. The van der Waals surface area contributed by atoms with Crippen molar-refractivity contribution in [3.05, 3.63) is 22.7 Å². The van der Waals surface area contributed by atoms with Gasteiger partial charge in [-0.2, -0.15) is 0 Å². The Morgan fingerprint density at radius 2 is 2.16 bits per heavy atom. The van der Waals surface area contributed by atoms with E-state index in [1.807, 2.05) is 6.92 Å². The van der Waals surface area contributed by atoms with Gasteiger partial charge in [-0.25, -0.2) is 4.98 Å². The second-order valence-electron chi connectivity index (χ2n) is 5.85. The van der Waals surface area contributed by atoms with Gasteiger partial charge < -0.3 is 15.0 Å². The standard InChI is InChI=1S/C14H25N3O2/c1-5-8-17-9-7-15-12(13(17)19)16-11(6-10-18)14(2,3)4/h7,9,11,18H,5-6,8,10H2,1-4H3,(H,15,16). The van der Waals surface area contributed by atoms with Gasteiger partial charge in [0.15, 0.2) is 5.82 Å².